The third kappa shape index (κ3) is 3.40. The Morgan fingerprint density at radius 2 is 1.96 bits per heavy atom. The number of carbonyl (C=O) groups is 1. The second-order valence-corrected chi connectivity index (χ2v) is 8.24. The largest absolute Gasteiger partial charge is 0.354 e. The smallest absolute Gasteiger partial charge is 0.227 e. The molecule has 1 aliphatic carbocycles. The molecule has 2 heterocycles. The van der Waals surface area contributed by atoms with E-state index < -0.39 is 0 Å². The number of likely N-dealkylation sites (N-methyl/N-ethyl adjacent to an activating group) is 1. The topological polar surface area (TPSA) is 49.3 Å². The average molecular weight is 330 g/mol. The van der Waals surface area contributed by atoms with Crippen LogP contribution in [0.3, 0.4) is 0 Å². The van der Waals surface area contributed by atoms with Gasteiger partial charge in [0, 0.05) is 42.9 Å². The molecule has 0 aromatic carbocycles. The van der Waals surface area contributed by atoms with Crippen molar-refractivity contribution in [2.75, 3.05) is 25.0 Å². The zero-order valence-electron chi connectivity index (χ0n) is 15.5. The van der Waals surface area contributed by atoms with Gasteiger partial charge in [-0.25, -0.2) is 9.97 Å². The molecule has 2 aliphatic rings. The number of hydrogen-bond donors (Lipinski definition) is 0. The Balaban J connectivity index is 1.78. The van der Waals surface area contributed by atoms with Crippen molar-refractivity contribution >= 4 is 11.7 Å². The van der Waals surface area contributed by atoms with Gasteiger partial charge in [0.1, 0.15) is 12.1 Å². The zero-order chi connectivity index (χ0) is 17.3. The van der Waals surface area contributed by atoms with E-state index >= 15 is 0 Å². The van der Waals surface area contributed by atoms with E-state index in [4.69, 9.17) is 0 Å². The summed E-state index contributed by atoms with van der Waals surface area (Å²) < 4.78 is 0. The summed E-state index contributed by atoms with van der Waals surface area (Å²) in [4.78, 5) is 26.1. The second kappa shape index (κ2) is 6.69. The summed E-state index contributed by atoms with van der Waals surface area (Å²) in [7, 11) is 1.96. The number of nitrogens with zero attached hydrogens (tertiary/aromatic N) is 4. The lowest BCUT2D eigenvalue weighted by Crippen LogP contribution is -2.51. The number of piperidine rings is 1. The zero-order valence-corrected chi connectivity index (χ0v) is 15.5. The SMILES string of the molecule is CN(C(=O)C(C)(C)C)C1CCCN(c2ncnc3c2CCCC3)C1. The normalized spacial score (nSPS) is 21.3. The third-order valence-electron chi connectivity index (χ3n) is 5.31. The van der Waals surface area contributed by atoms with E-state index in [9.17, 15) is 4.79 Å². The maximum atomic E-state index is 12.6. The van der Waals surface area contributed by atoms with Crippen molar-refractivity contribution in [1.82, 2.24) is 14.9 Å². The average Bonchev–Trinajstić information content (AvgIpc) is 2.59. The highest BCUT2D eigenvalue weighted by atomic mass is 16.2. The quantitative estimate of drug-likeness (QED) is 0.837. The lowest BCUT2D eigenvalue weighted by atomic mass is 9.92. The van der Waals surface area contributed by atoms with Crippen LogP contribution in [0.2, 0.25) is 0 Å². The number of hydrogen-bond acceptors (Lipinski definition) is 4. The Kier molecular flexibility index (Phi) is 4.79. The van der Waals surface area contributed by atoms with Crippen LogP contribution in [0.5, 0.6) is 0 Å². The van der Waals surface area contributed by atoms with E-state index in [0.29, 0.717) is 0 Å². The Bertz CT molecular complexity index is 608. The summed E-state index contributed by atoms with van der Waals surface area (Å²) in [5.74, 6) is 1.33. The number of amides is 1. The number of aromatic nitrogens is 2. The van der Waals surface area contributed by atoms with Crippen molar-refractivity contribution in [3.63, 3.8) is 0 Å². The molecular weight excluding hydrogens is 300 g/mol. The van der Waals surface area contributed by atoms with Crippen LogP contribution in [-0.4, -0.2) is 47.0 Å². The molecule has 0 saturated carbocycles. The van der Waals surface area contributed by atoms with E-state index in [1.807, 2.05) is 32.7 Å². The third-order valence-corrected chi connectivity index (χ3v) is 5.31. The van der Waals surface area contributed by atoms with Gasteiger partial charge in [0.05, 0.1) is 0 Å². The van der Waals surface area contributed by atoms with E-state index in [0.717, 1.165) is 44.6 Å². The maximum Gasteiger partial charge on any atom is 0.227 e. The molecule has 5 heteroatoms. The molecule has 1 aliphatic heterocycles. The van der Waals surface area contributed by atoms with Crippen molar-refractivity contribution in [1.29, 1.82) is 0 Å². The summed E-state index contributed by atoms with van der Waals surface area (Å²) >= 11 is 0. The van der Waals surface area contributed by atoms with Gasteiger partial charge in [-0.1, -0.05) is 20.8 Å². The van der Waals surface area contributed by atoms with E-state index in [2.05, 4.69) is 14.9 Å². The minimum atomic E-state index is -0.328. The summed E-state index contributed by atoms with van der Waals surface area (Å²) in [6.45, 7) is 7.88. The van der Waals surface area contributed by atoms with Crippen LogP contribution in [-0.2, 0) is 17.6 Å². The van der Waals surface area contributed by atoms with Crippen LogP contribution < -0.4 is 4.90 Å². The molecule has 1 fully saturated rings. The summed E-state index contributed by atoms with van der Waals surface area (Å²) in [5, 5.41) is 0. The van der Waals surface area contributed by atoms with E-state index in [-0.39, 0.29) is 17.4 Å². The number of aryl methyl sites for hydroxylation is 1. The van der Waals surface area contributed by atoms with Gasteiger partial charge >= 0.3 is 0 Å². The number of fused-ring (bicyclic) bond motifs is 1. The molecule has 5 nitrogen and oxygen atoms in total. The molecule has 1 atom stereocenters. The monoisotopic (exact) mass is 330 g/mol. The molecule has 1 unspecified atom stereocenters. The van der Waals surface area contributed by atoms with Crippen LogP contribution >= 0.6 is 0 Å². The van der Waals surface area contributed by atoms with Crippen LogP contribution in [0.1, 0.15) is 57.7 Å². The Morgan fingerprint density at radius 1 is 1.21 bits per heavy atom. The molecule has 0 N–H and O–H groups in total. The van der Waals surface area contributed by atoms with E-state index in [1.165, 1.54) is 24.1 Å². The first-order valence-electron chi connectivity index (χ1n) is 9.23. The molecule has 1 amide bonds. The van der Waals surface area contributed by atoms with Crippen molar-refractivity contribution in [2.45, 2.75) is 65.3 Å². The van der Waals surface area contributed by atoms with Gasteiger partial charge in [0.2, 0.25) is 5.91 Å². The van der Waals surface area contributed by atoms with Crippen LogP contribution in [0.25, 0.3) is 0 Å². The first-order valence-corrected chi connectivity index (χ1v) is 9.23. The molecule has 1 saturated heterocycles. The summed E-state index contributed by atoms with van der Waals surface area (Å²) in [6, 6.07) is 0.264. The molecule has 1 aromatic heterocycles. The first-order chi connectivity index (χ1) is 11.4. The molecular formula is C19H30N4O. The minimum absolute atomic E-state index is 0.221. The summed E-state index contributed by atoms with van der Waals surface area (Å²) in [6.07, 6.45) is 8.51. The van der Waals surface area contributed by atoms with Crippen LogP contribution in [0, 0.1) is 5.41 Å². The molecule has 24 heavy (non-hydrogen) atoms. The van der Waals surface area contributed by atoms with Crippen molar-refractivity contribution in [3.8, 4) is 0 Å². The second-order valence-electron chi connectivity index (χ2n) is 8.24. The van der Waals surface area contributed by atoms with Gasteiger partial charge in [-0.3, -0.25) is 4.79 Å². The number of rotatable bonds is 2. The molecule has 0 bridgehead atoms. The highest BCUT2D eigenvalue weighted by Gasteiger charge is 2.33. The highest BCUT2D eigenvalue weighted by molar-refractivity contribution is 5.81. The van der Waals surface area contributed by atoms with Gasteiger partial charge < -0.3 is 9.80 Å². The predicted molar refractivity (Wildman–Crippen MR) is 96.1 cm³/mol. The van der Waals surface area contributed by atoms with Crippen LogP contribution in [0.15, 0.2) is 6.33 Å². The first kappa shape index (κ1) is 17.2. The van der Waals surface area contributed by atoms with Gasteiger partial charge in [0.15, 0.2) is 0 Å². The van der Waals surface area contributed by atoms with Gasteiger partial charge in [0.25, 0.3) is 0 Å². The van der Waals surface area contributed by atoms with Crippen molar-refractivity contribution in [2.24, 2.45) is 5.41 Å². The molecule has 132 valence electrons. The molecule has 3 rings (SSSR count). The molecule has 0 radical (unpaired) electrons. The predicted octanol–water partition coefficient (Wildman–Crippen LogP) is 2.83. The van der Waals surface area contributed by atoms with Gasteiger partial charge in [-0.15, -0.1) is 0 Å². The standard InChI is InChI=1S/C19H30N4O/c1-19(2,3)18(24)22(4)14-8-7-11-23(12-14)17-15-9-5-6-10-16(15)20-13-21-17/h13-14H,5-12H2,1-4H3. The fourth-order valence-corrected chi connectivity index (χ4v) is 3.93. The molecule has 0 spiro atoms. The van der Waals surface area contributed by atoms with Crippen LogP contribution in [0.4, 0.5) is 5.82 Å². The fraction of sp³-hybridized carbons (Fsp3) is 0.737. The maximum absolute atomic E-state index is 12.6. The fourth-order valence-electron chi connectivity index (χ4n) is 3.93. The van der Waals surface area contributed by atoms with Crippen molar-refractivity contribution in [3.05, 3.63) is 17.6 Å². The highest BCUT2D eigenvalue weighted by Crippen LogP contribution is 2.30. The molecule has 1 aromatic rings. The Labute approximate surface area is 145 Å². The van der Waals surface area contributed by atoms with E-state index in [1.54, 1.807) is 6.33 Å². The lowest BCUT2D eigenvalue weighted by molar-refractivity contribution is -0.140. The number of carbonyl (C=O) groups excluding carboxylic acids is 1. The van der Waals surface area contributed by atoms with Gasteiger partial charge in [-0.2, -0.15) is 0 Å². The Morgan fingerprint density at radius 3 is 2.71 bits per heavy atom. The summed E-state index contributed by atoms with van der Waals surface area (Å²) in [5.41, 5.74) is 2.24. The minimum Gasteiger partial charge on any atom is -0.354 e. The number of anilines is 1. The Hall–Kier alpha value is -1.65. The lowest BCUT2D eigenvalue weighted by Gasteiger charge is -2.41. The van der Waals surface area contributed by atoms with Gasteiger partial charge in [-0.05, 0) is 38.5 Å². The van der Waals surface area contributed by atoms with Crippen molar-refractivity contribution < 1.29 is 4.79 Å².